The number of allylic oxidation sites excluding steroid dienone is 2. The lowest BCUT2D eigenvalue weighted by Crippen LogP contribution is -2.09. The number of nitro groups is 2. The zero-order chi connectivity index (χ0) is 15.4. The largest absolute Gasteiger partial charge is 0.393 e. The van der Waals surface area contributed by atoms with Gasteiger partial charge in [0.2, 0.25) is 0 Å². The van der Waals surface area contributed by atoms with Crippen LogP contribution < -0.4 is 11.5 Å². The number of halogens is 1. The van der Waals surface area contributed by atoms with Crippen molar-refractivity contribution in [2.45, 2.75) is 13.3 Å². The van der Waals surface area contributed by atoms with Crippen molar-refractivity contribution in [3.8, 4) is 0 Å². The Morgan fingerprint density at radius 2 is 1.65 bits per heavy atom. The van der Waals surface area contributed by atoms with E-state index in [2.05, 4.69) is 0 Å². The van der Waals surface area contributed by atoms with Gasteiger partial charge in [-0.05, 0) is 18.9 Å². The number of nitrogens with two attached hydrogens (primary N) is 2. The molecule has 0 bridgehead atoms. The third kappa shape index (κ3) is 2.80. The van der Waals surface area contributed by atoms with Crippen molar-refractivity contribution in [2.24, 2.45) is 0 Å². The number of nitrogens with zero attached hydrogens (tertiary/aromatic N) is 2. The van der Waals surface area contributed by atoms with E-state index in [0.29, 0.717) is 0 Å². The first kappa shape index (κ1) is 15.7. The highest BCUT2D eigenvalue weighted by molar-refractivity contribution is 6.18. The molecule has 0 aliphatic heterocycles. The lowest BCUT2D eigenvalue weighted by atomic mass is 9.98. The molecule has 4 N–H and O–H groups in total. The van der Waals surface area contributed by atoms with Crippen molar-refractivity contribution in [1.29, 1.82) is 0 Å². The topological polar surface area (TPSA) is 138 Å². The number of anilines is 2. The Kier molecular flexibility index (Phi) is 4.87. The molecule has 1 aromatic carbocycles. The third-order valence-corrected chi connectivity index (χ3v) is 3.03. The first-order chi connectivity index (χ1) is 9.32. The van der Waals surface area contributed by atoms with E-state index in [-0.39, 0.29) is 29.1 Å². The lowest BCUT2D eigenvalue weighted by Gasteiger charge is -2.11. The molecular formula is C11H13ClN4O4. The fraction of sp³-hybridized carbons (Fsp3) is 0.273. The normalized spacial score (nSPS) is 10.9. The van der Waals surface area contributed by atoms with Crippen LogP contribution in [0.3, 0.4) is 0 Å². The maximum Gasteiger partial charge on any atom is 0.322 e. The monoisotopic (exact) mass is 300 g/mol. The fourth-order valence-electron chi connectivity index (χ4n) is 1.86. The highest BCUT2D eigenvalue weighted by Crippen LogP contribution is 2.42. The number of nitro benzene ring substituents is 2. The molecule has 0 spiro atoms. The predicted octanol–water partition coefficient (Wildman–Crippen LogP) is 2.31. The molecule has 0 aromatic heterocycles. The van der Waals surface area contributed by atoms with Gasteiger partial charge >= 0.3 is 11.4 Å². The molecule has 1 rings (SSSR count). The van der Waals surface area contributed by atoms with Crippen LogP contribution in [-0.2, 0) is 6.42 Å². The molecule has 0 aliphatic rings. The Bertz CT molecular complexity index is 601. The zero-order valence-electron chi connectivity index (χ0n) is 10.6. The molecule has 1 aromatic rings. The van der Waals surface area contributed by atoms with E-state index in [1.807, 2.05) is 0 Å². The molecule has 0 radical (unpaired) electrons. The quantitative estimate of drug-likeness (QED) is 0.281. The Labute approximate surface area is 119 Å². The second-order valence-electron chi connectivity index (χ2n) is 3.97. The Hall–Kier alpha value is -2.35. The van der Waals surface area contributed by atoms with Gasteiger partial charge in [0.25, 0.3) is 0 Å². The average Bonchev–Trinajstić information content (AvgIpc) is 2.34. The molecule has 0 fully saturated rings. The summed E-state index contributed by atoms with van der Waals surface area (Å²) in [6.45, 7) is 1.48. The number of hydrogen-bond donors (Lipinski definition) is 2. The van der Waals surface area contributed by atoms with E-state index in [9.17, 15) is 20.2 Å². The maximum atomic E-state index is 11.1. The van der Waals surface area contributed by atoms with Crippen LogP contribution in [0.2, 0.25) is 0 Å². The molecule has 0 unspecified atom stereocenters. The van der Waals surface area contributed by atoms with Gasteiger partial charge in [-0.15, -0.1) is 11.6 Å². The van der Waals surface area contributed by atoms with Crippen molar-refractivity contribution in [1.82, 2.24) is 0 Å². The van der Waals surface area contributed by atoms with Crippen molar-refractivity contribution in [2.75, 3.05) is 17.3 Å². The van der Waals surface area contributed by atoms with E-state index in [1.165, 1.54) is 6.92 Å². The minimum absolute atomic E-state index is 0.160. The maximum absolute atomic E-state index is 11.1. The van der Waals surface area contributed by atoms with Gasteiger partial charge in [-0.2, -0.15) is 0 Å². The van der Waals surface area contributed by atoms with Gasteiger partial charge in [-0.25, -0.2) is 0 Å². The molecule has 0 heterocycles. The molecule has 0 saturated carbocycles. The Balaban J connectivity index is 3.62. The van der Waals surface area contributed by atoms with Crippen LogP contribution in [0.1, 0.15) is 11.1 Å². The Morgan fingerprint density at radius 1 is 1.10 bits per heavy atom. The van der Waals surface area contributed by atoms with Crippen LogP contribution in [0.25, 0.3) is 0 Å². The van der Waals surface area contributed by atoms with E-state index < -0.39 is 26.9 Å². The second-order valence-corrected chi connectivity index (χ2v) is 4.28. The van der Waals surface area contributed by atoms with Crippen molar-refractivity contribution < 1.29 is 9.85 Å². The summed E-state index contributed by atoms with van der Waals surface area (Å²) in [5.41, 5.74) is 9.93. The van der Waals surface area contributed by atoms with Crippen molar-refractivity contribution >= 4 is 34.4 Å². The minimum Gasteiger partial charge on any atom is -0.393 e. The highest BCUT2D eigenvalue weighted by atomic mass is 35.5. The van der Waals surface area contributed by atoms with Gasteiger partial charge in [-0.3, -0.25) is 20.2 Å². The SMILES string of the molecule is Cc1c(N)c([N+](=O)[O-])c(N)c([N+](=O)[O-])c1CC=CCCl. The van der Waals surface area contributed by atoms with Crippen LogP contribution in [0, 0.1) is 27.2 Å². The first-order valence-electron chi connectivity index (χ1n) is 5.53. The standard InChI is InChI=1S/C11H13ClN4O4/c1-6-7(4-2-3-5-12)10(15(17)18)9(14)11(8(6)13)16(19)20/h2-3H,4-5,13-14H2,1H3. The number of nitrogen functional groups attached to an aromatic ring is 2. The van der Waals surface area contributed by atoms with Crippen LogP contribution in [0.5, 0.6) is 0 Å². The minimum atomic E-state index is -0.816. The van der Waals surface area contributed by atoms with Gasteiger partial charge < -0.3 is 11.5 Å². The van der Waals surface area contributed by atoms with Gasteiger partial charge in [0.05, 0.1) is 9.85 Å². The molecule has 0 aliphatic carbocycles. The van der Waals surface area contributed by atoms with E-state index >= 15 is 0 Å². The zero-order valence-corrected chi connectivity index (χ0v) is 11.4. The number of hydrogen-bond acceptors (Lipinski definition) is 6. The summed E-state index contributed by atoms with van der Waals surface area (Å²) < 4.78 is 0. The summed E-state index contributed by atoms with van der Waals surface area (Å²) in [6, 6.07) is 0. The fourth-order valence-corrected chi connectivity index (χ4v) is 1.98. The third-order valence-electron chi connectivity index (χ3n) is 2.85. The summed E-state index contributed by atoms with van der Waals surface area (Å²) >= 11 is 5.48. The van der Waals surface area contributed by atoms with Gasteiger partial charge in [0, 0.05) is 11.4 Å². The van der Waals surface area contributed by atoms with Crippen LogP contribution in [-0.4, -0.2) is 15.7 Å². The van der Waals surface area contributed by atoms with Crippen LogP contribution in [0.4, 0.5) is 22.7 Å². The average molecular weight is 301 g/mol. The van der Waals surface area contributed by atoms with Crippen molar-refractivity contribution in [3.05, 3.63) is 43.5 Å². The Morgan fingerprint density at radius 3 is 2.10 bits per heavy atom. The molecule has 0 amide bonds. The number of alkyl halides is 1. The second kappa shape index (κ2) is 6.20. The predicted molar refractivity (Wildman–Crippen MR) is 76.9 cm³/mol. The molecule has 9 heteroatoms. The van der Waals surface area contributed by atoms with Crippen molar-refractivity contribution in [3.63, 3.8) is 0 Å². The van der Waals surface area contributed by atoms with Crippen LogP contribution >= 0.6 is 11.6 Å². The highest BCUT2D eigenvalue weighted by Gasteiger charge is 2.32. The summed E-state index contributed by atoms with van der Waals surface area (Å²) in [5.74, 6) is 0.255. The first-order valence-corrected chi connectivity index (χ1v) is 6.06. The lowest BCUT2D eigenvalue weighted by molar-refractivity contribution is -0.392. The van der Waals surface area contributed by atoms with Gasteiger partial charge in [0.1, 0.15) is 5.69 Å². The summed E-state index contributed by atoms with van der Waals surface area (Å²) in [6.07, 6.45) is 3.40. The van der Waals surface area contributed by atoms with E-state index in [4.69, 9.17) is 23.1 Å². The molecular weight excluding hydrogens is 288 g/mol. The summed E-state index contributed by atoms with van der Waals surface area (Å²) in [5, 5.41) is 22.1. The summed E-state index contributed by atoms with van der Waals surface area (Å²) in [7, 11) is 0. The molecule has 20 heavy (non-hydrogen) atoms. The van der Waals surface area contributed by atoms with Gasteiger partial charge in [0.15, 0.2) is 5.69 Å². The smallest absolute Gasteiger partial charge is 0.322 e. The van der Waals surface area contributed by atoms with Crippen LogP contribution in [0.15, 0.2) is 12.2 Å². The molecule has 108 valence electrons. The van der Waals surface area contributed by atoms with Gasteiger partial charge in [-0.1, -0.05) is 12.2 Å². The number of benzene rings is 1. The number of rotatable bonds is 5. The molecule has 0 atom stereocenters. The van der Waals surface area contributed by atoms with E-state index in [0.717, 1.165) is 0 Å². The molecule has 0 saturated heterocycles. The molecule has 8 nitrogen and oxygen atoms in total. The van der Waals surface area contributed by atoms with E-state index in [1.54, 1.807) is 12.2 Å². The summed E-state index contributed by atoms with van der Waals surface area (Å²) in [4.78, 5) is 20.5.